The molecule has 0 saturated heterocycles. The number of nitrogens with two attached hydrogens (primary N) is 1. The zero-order valence-corrected chi connectivity index (χ0v) is 7.01. The summed E-state index contributed by atoms with van der Waals surface area (Å²) in [5, 5.41) is 0. The number of hydrogen-bond donors (Lipinski definition) is 2. The summed E-state index contributed by atoms with van der Waals surface area (Å²) in [6.45, 7) is 1.24. The molecule has 3 N–H and O–H groups in total. The van der Waals surface area contributed by atoms with E-state index in [-0.39, 0.29) is 0 Å². The summed E-state index contributed by atoms with van der Waals surface area (Å²) in [6, 6.07) is 0. The van der Waals surface area contributed by atoms with Crippen LogP contribution in [-0.4, -0.2) is 26.2 Å². The van der Waals surface area contributed by atoms with Gasteiger partial charge >= 0.3 is 6.09 Å². The Morgan fingerprint density at radius 1 is 1.64 bits per heavy atom. The maximum Gasteiger partial charge on any atom is 0.422 e. The number of amides is 1. The lowest BCUT2D eigenvalue weighted by Gasteiger charge is -2.09. The molecule has 0 spiro atoms. The average molecular weight is 182 g/mol. The molecule has 0 radical (unpaired) electrons. The van der Waals surface area contributed by atoms with Crippen molar-refractivity contribution in [2.45, 2.75) is 12.4 Å². The second-order valence-electron chi connectivity index (χ2n) is 1.95. The molecule has 0 aromatic heterocycles. The number of sulfone groups is 1. The standard InChI is InChI=1S/C4H10N2O4S/c1-3(11(2,8)9)10-4(7)6-5/h3H,5H2,1-2H3,(H,6,7). The van der Waals surface area contributed by atoms with Gasteiger partial charge in [0.05, 0.1) is 0 Å². The monoisotopic (exact) mass is 182 g/mol. The van der Waals surface area contributed by atoms with Crippen LogP contribution >= 0.6 is 0 Å². The van der Waals surface area contributed by atoms with Gasteiger partial charge in [-0.25, -0.2) is 19.1 Å². The Balaban J connectivity index is 4.10. The summed E-state index contributed by atoms with van der Waals surface area (Å²) in [5.41, 5.74) is 0.467. The molecular formula is C4H10N2O4S. The summed E-state index contributed by atoms with van der Waals surface area (Å²) < 4.78 is 25.6. The first-order chi connectivity index (χ1) is 4.88. The van der Waals surface area contributed by atoms with Gasteiger partial charge in [-0.1, -0.05) is 0 Å². The van der Waals surface area contributed by atoms with Crippen molar-refractivity contribution < 1.29 is 17.9 Å². The van der Waals surface area contributed by atoms with Crippen molar-refractivity contribution >= 4 is 15.9 Å². The molecule has 0 saturated carbocycles. The predicted octanol–water partition coefficient (Wildman–Crippen LogP) is -1.02. The first kappa shape index (κ1) is 10.2. The van der Waals surface area contributed by atoms with Crippen molar-refractivity contribution in [1.82, 2.24) is 5.43 Å². The molecule has 11 heavy (non-hydrogen) atoms. The van der Waals surface area contributed by atoms with Crippen molar-refractivity contribution in [2.75, 3.05) is 6.26 Å². The number of carbonyl (C=O) groups excluding carboxylic acids is 1. The van der Waals surface area contributed by atoms with Crippen LogP contribution in [0.15, 0.2) is 0 Å². The summed E-state index contributed by atoms with van der Waals surface area (Å²) in [7, 11) is -3.35. The lowest BCUT2D eigenvalue weighted by atomic mass is 10.8. The summed E-state index contributed by atoms with van der Waals surface area (Å²) >= 11 is 0. The van der Waals surface area contributed by atoms with Gasteiger partial charge in [0.15, 0.2) is 9.84 Å². The number of nitrogens with one attached hydrogen (secondary N) is 1. The smallest absolute Gasteiger partial charge is 0.422 e. The lowest BCUT2D eigenvalue weighted by molar-refractivity contribution is 0.137. The molecule has 0 aliphatic rings. The van der Waals surface area contributed by atoms with E-state index >= 15 is 0 Å². The van der Waals surface area contributed by atoms with Gasteiger partial charge in [0.25, 0.3) is 0 Å². The van der Waals surface area contributed by atoms with Crippen LogP contribution < -0.4 is 11.3 Å². The Morgan fingerprint density at radius 3 is 2.36 bits per heavy atom. The molecule has 0 fully saturated rings. The Bertz CT molecular complexity index is 234. The molecule has 66 valence electrons. The fourth-order valence-corrected chi connectivity index (χ4v) is 0.534. The largest absolute Gasteiger partial charge is 0.429 e. The van der Waals surface area contributed by atoms with Crippen molar-refractivity contribution in [3.05, 3.63) is 0 Å². The number of ether oxygens (including phenoxy) is 1. The van der Waals surface area contributed by atoms with Gasteiger partial charge in [-0.15, -0.1) is 0 Å². The molecule has 0 aromatic carbocycles. The molecule has 0 aliphatic carbocycles. The van der Waals surface area contributed by atoms with Gasteiger partial charge in [0.1, 0.15) is 0 Å². The van der Waals surface area contributed by atoms with Crippen LogP contribution in [0.4, 0.5) is 4.79 Å². The van der Waals surface area contributed by atoms with E-state index in [1.165, 1.54) is 6.92 Å². The second-order valence-corrected chi connectivity index (χ2v) is 4.27. The number of hydrazine groups is 1. The Morgan fingerprint density at radius 2 is 2.09 bits per heavy atom. The first-order valence-electron chi connectivity index (χ1n) is 2.74. The minimum absolute atomic E-state index is 0.960. The normalized spacial score (nSPS) is 13.7. The summed E-state index contributed by atoms with van der Waals surface area (Å²) in [4.78, 5) is 10.3. The third-order valence-corrected chi connectivity index (χ3v) is 2.30. The van der Waals surface area contributed by atoms with Crippen molar-refractivity contribution in [2.24, 2.45) is 5.84 Å². The van der Waals surface area contributed by atoms with Crippen LogP contribution in [0.1, 0.15) is 6.92 Å². The van der Waals surface area contributed by atoms with Gasteiger partial charge in [-0.3, -0.25) is 5.43 Å². The highest BCUT2D eigenvalue weighted by molar-refractivity contribution is 7.91. The molecule has 1 amide bonds. The van der Waals surface area contributed by atoms with E-state index in [2.05, 4.69) is 10.6 Å². The molecule has 6 nitrogen and oxygen atoms in total. The Labute approximate surface area is 64.6 Å². The van der Waals surface area contributed by atoms with Crippen molar-refractivity contribution in [1.29, 1.82) is 0 Å². The number of hydrogen-bond acceptors (Lipinski definition) is 5. The maximum absolute atomic E-state index is 10.6. The van der Waals surface area contributed by atoms with E-state index in [0.717, 1.165) is 6.26 Å². The topological polar surface area (TPSA) is 98.5 Å². The molecule has 0 bridgehead atoms. The van der Waals surface area contributed by atoms with Crippen molar-refractivity contribution in [3.8, 4) is 0 Å². The van der Waals surface area contributed by atoms with E-state index in [1.807, 2.05) is 0 Å². The number of carbonyl (C=O) groups is 1. The summed E-state index contributed by atoms with van der Waals surface area (Å²) in [5.74, 6) is 4.64. The van der Waals surface area contributed by atoms with E-state index in [9.17, 15) is 13.2 Å². The van der Waals surface area contributed by atoms with Crippen molar-refractivity contribution in [3.63, 3.8) is 0 Å². The fraction of sp³-hybridized carbons (Fsp3) is 0.750. The second kappa shape index (κ2) is 3.54. The SMILES string of the molecule is CC(OC(=O)NN)S(C)(=O)=O. The van der Waals surface area contributed by atoms with E-state index in [0.29, 0.717) is 0 Å². The molecule has 0 aliphatic heterocycles. The minimum atomic E-state index is -3.35. The van der Waals surface area contributed by atoms with Crippen LogP contribution in [0.2, 0.25) is 0 Å². The van der Waals surface area contributed by atoms with Gasteiger partial charge in [-0.2, -0.15) is 0 Å². The van der Waals surface area contributed by atoms with E-state index in [4.69, 9.17) is 0 Å². The number of rotatable bonds is 2. The van der Waals surface area contributed by atoms with Gasteiger partial charge in [0.2, 0.25) is 5.44 Å². The Kier molecular flexibility index (Phi) is 3.27. The molecular weight excluding hydrogens is 172 g/mol. The third kappa shape index (κ3) is 3.79. The van der Waals surface area contributed by atoms with Gasteiger partial charge in [0, 0.05) is 6.26 Å². The van der Waals surface area contributed by atoms with Crippen LogP contribution in [0.5, 0.6) is 0 Å². The minimum Gasteiger partial charge on any atom is -0.429 e. The molecule has 0 rings (SSSR count). The molecule has 0 heterocycles. The molecule has 7 heteroatoms. The zero-order valence-electron chi connectivity index (χ0n) is 6.20. The van der Waals surface area contributed by atoms with Gasteiger partial charge < -0.3 is 4.74 Å². The van der Waals surface area contributed by atoms with E-state index < -0.39 is 21.4 Å². The van der Waals surface area contributed by atoms with Crippen LogP contribution in [-0.2, 0) is 14.6 Å². The van der Waals surface area contributed by atoms with Gasteiger partial charge in [-0.05, 0) is 6.92 Å². The highest BCUT2D eigenvalue weighted by Gasteiger charge is 2.18. The Hall–Kier alpha value is -0.820. The quantitative estimate of drug-likeness (QED) is 0.323. The maximum atomic E-state index is 10.6. The molecule has 1 atom stereocenters. The molecule has 1 unspecified atom stereocenters. The van der Waals surface area contributed by atoms with Crippen LogP contribution in [0.3, 0.4) is 0 Å². The highest BCUT2D eigenvalue weighted by Crippen LogP contribution is 1.98. The third-order valence-electron chi connectivity index (χ3n) is 0.994. The van der Waals surface area contributed by atoms with Crippen LogP contribution in [0.25, 0.3) is 0 Å². The zero-order chi connectivity index (χ0) is 9.07. The highest BCUT2D eigenvalue weighted by atomic mass is 32.2. The fourth-order valence-electron chi connectivity index (χ4n) is 0.272. The van der Waals surface area contributed by atoms with Crippen LogP contribution in [0, 0.1) is 0 Å². The van der Waals surface area contributed by atoms with E-state index in [1.54, 1.807) is 5.43 Å². The first-order valence-corrected chi connectivity index (χ1v) is 4.69. The lowest BCUT2D eigenvalue weighted by Crippen LogP contribution is -2.35. The average Bonchev–Trinajstić information content (AvgIpc) is 1.85. The predicted molar refractivity (Wildman–Crippen MR) is 38.1 cm³/mol. The summed E-state index contributed by atoms with van der Waals surface area (Å²) in [6.07, 6.45) is -0.00973. The molecule has 0 aromatic rings.